The van der Waals surface area contributed by atoms with Gasteiger partial charge in [0.2, 0.25) is 11.8 Å². The van der Waals surface area contributed by atoms with Gasteiger partial charge in [-0.15, -0.1) is 0 Å². The Labute approximate surface area is 215 Å². The molecule has 0 unspecified atom stereocenters. The standard InChI is InChI=1S/C27H31ClFN3O4/c1-18(33)31-14-12-20(13-15-31)25(34)32-16-24(19-4-6-21(28)7-5-19)27(2,17-32)30(3)26(35)36-23-10-8-22(29)9-11-23/h4-11,20,24H,12-17H2,1-3H3/t24-,27+/m1/s1. The Morgan fingerprint density at radius 3 is 2.22 bits per heavy atom. The predicted octanol–water partition coefficient (Wildman–Crippen LogP) is 4.55. The van der Waals surface area contributed by atoms with Crippen LogP contribution in [0.25, 0.3) is 0 Å². The van der Waals surface area contributed by atoms with Crippen LogP contribution in [-0.4, -0.2) is 71.4 Å². The number of hydrogen-bond donors (Lipinski definition) is 0. The van der Waals surface area contributed by atoms with Crippen molar-refractivity contribution in [3.63, 3.8) is 0 Å². The van der Waals surface area contributed by atoms with Crippen LogP contribution in [-0.2, 0) is 9.59 Å². The van der Waals surface area contributed by atoms with Crippen molar-refractivity contribution in [1.29, 1.82) is 0 Å². The third-order valence-electron chi connectivity index (χ3n) is 7.60. The van der Waals surface area contributed by atoms with Crippen LogP contribution in [0, 0.1) is 11.7 Å². The lowest BCUT2D eigenvalue weighted by molar-refractivity contribution is -0.139. The number of rotatable bonds is 4. The molecule has 0 bridgehead atoms. The molecular weight excluding hydrogens is 485 g/mol. The Bertz CT molecular complexity index is 1120. The van der Waals surface area contributed by atoms with Crippen LogP contribution in [0.1, 0.15) is 38.2 Å². The molecule has 0 aliphatic carbocycles. The number of likely N-dealkylation sites (tertiary alicyclic amines) is 2. The van der Waals surface area contributed by atoms with Gasteiger partial charge < -0.3 is 19.4 Å². The highest BCUT2D eigenvalue weighted by atomic mass is 35.5. The molecule has 0 aromatic heterocycles. The minimum Gasteiger partial charge on any atom is -0.410 e. The summed E-state index contributed by atoms with van der Waals surface area (Å²) in [6.07, 6.45) is 0.659. The first-order valence-corrected chi connectivity index (χ1v) is 12.5. The molecule has 2 saturated heterocycles. The Balaban J connectivity index is 1.55. The average molecular weight is 516 g/mol. The van der Waals surface area contributed by atoms with E-state index in [1.165, 1.54) is 29.2 Å². The van der Waals surface area contributed by atoms with Gasteiger partial charge >= 0.3 is 6.09 Å². The van der Waals surface area contributed by atoms with Gasteiger partial charge in [0.15, 0.2) is 0 Å². The summed E-state index contributed by atoms with van der Waals surface area (Å²) < 4.78 is 18.8. The van der Waals surface area contributed by atoms with Crippen LogP contribution in [0.2, 0.25) is 5.02 Å². The Morgan fingerprint density at radius 2 is 1.64 bits per heavy atom. The smallest absolute Gasteiger partial charge is 0.410 e. The fraction of sp³-hybridized carbons (Fsp3) is 0.444. The number of likely N-dealkylation sites (N-methyl/N-ethyl adjacent to an activating group) is 1. The zero-order valence-corrected chi connectivity index (χ0v) is 21.5. The van der Waals surface area contributed by atoms with E-state index in [4.69, 9.17) is 16.3 Å². The highest BCUT2D eigenvalue weighted by Crippen LogP contribution is 2.41. The molecule has 36 heavy (non-hydrogen) atoms. The highest BCUT2D eigenvalue weighted by Gasteiger charge is 2.51. The molecule has 2 atom stereocenters. The summed E-state index contributed by atoms with van der Waals surface area (Å²) >= 11 is 6.11. The maximum absolute atomic E-state index is 13.5. The minimum absolute atomic E-state index is 0.0266. The van der Waals surface area contributed by atoms with Gasteiger partial charge in [-0.2, -0.15) is 0 Å². The predicted molar refractivity (Wildman–Crippen MR) is 134 cm³/mol. The first-order valence-electron chi connectivity index (χ1n) is 12.1. The van der Waals surface area contributed by atoms with E-state index >= 15 is 0 Å². The zero-order chi connectivity index (χ0) is 26.0. The molecule has 7 nitrogen and oxygen atoms in total. The summed E-state index contributed by atoms with van der Waals surface area (Å²) in [5.41, 5.74) is 0.200. The molecule has 9 heteroatoms. The number of nitrogens with zero attached hydrogens (tertiary/aromatic N) is 3. The number of benzene rings is 2. The SMILES string of the molecule is CC(=O)N1CCC(C(=O)N2C[C@H](c3ccc(Cl)cc3)[C@@](C)(N(C)C(=O)Oc3ccc(F)cc3)C2)CC1. The van der Waals surface area contributed by atoms with Crippen molar-refractivity contribution in [2.45, 2.75) is 38.1 Å². The van der Waals surface area contributed by atoms with Gasteiger partial charge in [-0.3, -0.25) is 9.59 Å². The second-order valence-electron chi connectivity index (χ2n) is 9.84. The van der Waals surface area contributed by atoms with Crippen LogP contribution in [0.4, 0.5) is 9.18 Å². The number of ether oxygens (including phenoxy) is 1. The highest BCUT2D eigenvalue weighted by molar-refractivity contribution is 6.30. The van der Waals surface area contributed by atoms with Gasteiger partial charge in [-0.05, 0) is 61.7 Å². The second kappa shape index (κ2) is 10.5. The zero-order valence-electron chi connectivity index (χ0n) is 20.7. The number of amides is 3. The minimum atomic E-state index is -0.763. The maximum atomic E-state index is 13.5. The molecule has 2 aromatic rings. The van der Waals surface area contributed by atoms with Crippen LogP contribution in [0.15, 0.2) is 48.5 Å². The molecule has 0 N–H and O–H groups in total. The van der Waals surface area contributed by atoms with Gasteiger partial charge in [0.05, 0.1) is 5.54 Å². The average Bonchev–Trinajstić information content (AvgIpc) is 3.23. The van der Waals surface area contributed by atoms with E-state index in [9.17, 15) is 18.8 Å². The number of hydrogen-bond acceptors (Lipinski definition) is 4. The topological polar surface area (TPSA) is 70.2 Å². The third kappa shape index (κ3) is 5.33. The van der Waals surface area contributed by atoms with Crippen LogP contribution in [0.5, 0.6) is 5.75 Å². The van der Waals surface area contributed by atoms with E-state index in [0.717, 1.165) is 5.56 Å². The lowest BCUT2D eigenvalue weighted by Crippen LogP contribution is -2.53. The fourth-order valence-electron chi connectivity index (χ4n) is 5.23. The van der Waals surface area contributed by atoms with Gasteiger partial charge in [0, 0.05) is 57.0 Å². The number of carbonyl (C=O) groups excluding carboxylic acids is 3. The lowest BCUT2D eigenvalue weighted by Gasteiger charge is -2.39. The molecular formula is C27H31ClFN3O4. The molecule has 4 rings (SSSR count). The first-order chi connectivity index (χ1) is 17.1. The van der Waals surface area contributed by atoms with E-state index in [1.807, 2.05) is 24.0 Å². The Morgan fingerprint density at radius 1 is 1.03 bits per heavy atom. The van der Waals surface area contributed by atoms with Crippen molar-refractivity contribution in [1.82, 2.24) is 14.7 Å². The summed E-state index contributed by atoms with van der Waals surface area (Å²) in [6.45, 7) is 5.41. The van der Waals surface area contributed by atoms with Crippen LogP contribution < -0.4 is 4.74 Å². The Hall–Kier alpha value is -3.13. The van der Waals surface area contributed by atoms with Gasteiger partial charge in [-0.25, -0.2) is 9.18 Å². The molecule has 0 radical (unpaired) electrons. The number of carbonyl (C=O) groups is 3. The van der Waals surface area contributed by atoms with Gasteiger partial charge in [0.25, 0.3) is 0 Å². The summed E-state index contributed by atoms with van der Waals surface area (Å²) in [7, 11) is 1.66. The molecule has 0 spiro atoms. The summed E-state index contributed by atoms with van der Waals surface area (Å²) in [5.74, 6) is -0.452. The van der Waals surface area contributed by atoms with Crippen molar-refractivity contribution < 1.29 is 23.5 Å². The van der Waals surface area contributed by atoms with Crippen LogP contribution in [0.3, 0.4) is 0 Å². The van der Waals surface area contributed by atoms with Gasteiger partial charge in [0.1, 0.15) is 11.6 Å². The molecule has 2 aliphatic rings. The third-order valence-corrected chi connectivity index (χ3v) is 7.85. The fourth-order valence-corrected chi connectivity index (χ4v) is 5.35. The first kappa shape index (κ1) is 25.9. The molecule has 192 valence electrons. The Kier molecular flexibility index (Phi) is 7.54. The van der Waals surface area contributed by atoms with Crippen molar-refractivity contribution in [3.05, 3.63) is 64.9 Å². The molecule has 2 heterocycles. The summed E-state index contributed by atoms with van der Waals surface area (Å²) in [5, 5.41) is 0.604. The van der Waals surface area contributed by atoms with Crippen LogP contribution >= 0.6 is 11.6 Å². The largest absolute Gasteiger partial charge is 0.415 e. The van der Waals surface area contributed by atoms with E-state index in [-0.39, 0.29) is 29.4 Å². The van der Waals surface area contributed by atoms with Crippen molar-refractivity contribution >= 4 is 29.5 Å². The summed E-state index contributed by atoms with van der Waals surface area (Å²) in [4.78, 5) is 43.5. The molecule has 2 fully saturated rings. The normalized spacial score (nSPS) is 22.4. The summed E-state index contributed by atoms with van der Waals surface area (Å²) in [6, 6.07) is 12.7. The molecule has 2 aromatic carbocycles. The van der Waals surface area contributed by atoms with Gasteiger partial charge in [-0.1, -0.05) is 23.7 Å². The van der Waals surface area contributed by atoms with Crippen molar-refractivity contribution in [2.24, 2.45) is 5.92 Å². The van der Waals surface area contributed by atoms with E-state index in [1.54, 1.807) is 31.0 Å². The quantitative estimate of drug-likeness (QED) is 0.599. The van der Waals surface area contributed by atoms with Crippen molar-refractivity contribution in [2.75, 3.05) is 33.2 Å². The molecule has 2 aliphatic heterocycles. The van der Waals surface area contributed by atoms with E-state index in [0.29, 0.717) is 44.0 Å². The molecule has 0 saturated carbocycles. The lowest BCUT2D eigenvalue weighted by atomic mass is 9.82. The number of piperidine rings is 1. The number of halogens is 2. The van der Waals surface area contributed by atoms with E-state index < -0.39 is 17.4 Å². The van der Waals surface area contributed by atoms with E-state index in [2.05, 4.69) is 0 Å². The molecule has 3 amide bonds. The maximum Gasteiger partial charge on any atom is 0.415 e. The monoisotopic (exact) mass is 515 g/mol. The van der Waals surface area contributed by atoms with Crippen molar-refractivity contribution in [3.8, 4) is 5.75 Å². The second-order valence-corrected chi connectivity index (χ2v) is 10.3.